The summed E-state index contributed by atoms with van der Waals surface area (Å²) in [5.41, 5.74) is 4.83. The van der Waals surface area contributed by atoms with E-state index in [9.17, 15) is 13.2 Å². The number of aryl methyl sites for hydroxylation is 1. The average molecular weight is 405 g/mol. The number of piperidine rings is 1. The van der Waals surface area contributed by atoms with Crippen LogP contribution in [0.2, 0.25) is 0 Å². The molecule has 1 fully saturated rings. The van der Waals surface area contributed by atoms with E-state index in [0.717, 1.165) is 37.6 Å². The van der Waals surface area contributed by atoms with E-state index < -0.39 is 11.7 Å². The molecule has 3 aliphatic heterocycles. The lowest BCUT2D eigenvalue weighted by Crippen LogP contribution is -2.44. The number of anilines is 1. The van der Waals surface area contributed by atoms with E-state index in [4.69, 9.17) is 0 Å². The van der Waals surface area contributed by atoms with Crippen LogP contribution >= 0.6 is 11.8 Å². The van der Waals surface area contributed by atoms with Gasteiger partial charge < -0.3 is 10.2 Å². The molecule has 28 heavy (non-hydrogen) atoms. The van der Waals surface area contributed by atoms with Crippen LogP contribution in [-0.4, -0.2) is 31.4 Å². The largest absolute Gasteiger partial charge is 0.417 e. The molecule has 2 aromatic rings. The Kier molecular flexibility index (Phi) is 4.40. The number of benzene rings is 2. The van der Waals surface area contributed by atoms with Crippen molar-refractivity contribution in [3.8, 4) is 11.1 Å². The number of hydrogen-bond acceptors (Lipinski definition) is 3. The smallest absolute Gasteiger partial charge is 0.367 e. The van der Waals surface area contributed by atoms with Gasteiger partial charge in [-0.15, -0.1) is 0 Å². The summed E-state index contributed by atoms with van der Waals surface area (Å²) in [5, 5.41) is 3.49. The van der Waals surface area contributed by atoms with Crippen LogP contribution < -0.4 is 10.2 Å². The zero-order chi connectivity index (χ0) is 19.5. The lowest BCUT2D eigenvalue weighted by Gasteiger charge is -2.33. The Hall–Kier alpha value is -1.66. The van der Waals surface area contributed by atoms with Crippen LogP contribution in [0.4, 0.5) is 18.9 Å². The number of nitrogens with one attached hydrogen (secondary N) is 1. The van der Waals surface area contributed by atoms with Gasteiger partial charge in [0.05, 0.1) is 5.56 Å². The second-order valence-corrected chi connectivity index (χ2v) is 9.14. The Morgan fingerprint density at radius 2 is 2.04 bits per heavy atom. The maximum absolute atomic E-state index is 13.8. The zero-order valence-electron chi connectivity index (χ0n) is 15.8. The first-order chi connectivity index (χ1) is 13.4. The van der Waals surface area contributed by atoms with Crippen molar-refractivity contribution < 1.29 is 13.2 Å². The normalized spacial score (nSPS) is 23.9. The van der Waals surface area contributed by atoms with Gasteiger partial charge in [-0.1, -0.05) is 17.7 Å². The van der Waals surface area contributed by atoms with Crippen molar-refractivity contribution in [3.63, 3.8) is 0 Å². The van der Waals surface area contributed by atoms with Crippen molar-refractivity contribution in [1.82, 2.24) is 5.32 Å². The van der Waals surface area contributed by atoms with Crippen LogP contribution in [0.5, 0.6) is 0 Å². The summed E-state index contributed by atoms with van der Waals surface area (Å²) in [6, 6.07) is 9.21. The lowest BCUT2D eigenvalue weighted by atomic mass is 9.87. The van der Waals surface area contributed by atoms with Gasteiger partial charge in [0, 0.05) is 42.2 Å². The second kappa shape index (κ2) is 6.70. The number of hydrogen-bond donors (Lipinski definition) is 1. The highest BCUT2D eigenvalue weighted by Crippen LogP contribution is 2.50. The summed E-state index contributed by atoms with van der Waals surface area (Å²) < 4.78 is 41.3. The molecule has 1 saturated heterocycles. The van der Waals surface area contributed by atoms with Crippen LogP contribution in [0.3, 0.4) is 0 Å². The fraction of sp³-hybridized carbons (Fsp3) is 0.455. The van der Waals surface area contributed by atoms with Gasteiger partial charge in [-0.05, 0) is 60.3 Å². The van der Waals surface area contributed by atoms with Crippen molar-refractivity contribution in [2.24, 2.45) is 0 Å². The number of thioether (sulfide) groups is 1. The fourth-order valence-electron chi connectivity index (χ4n) is 5.09. The van der Waals surface area contributed by atoms with E-state index in [1.165, 1.54) is 22.9 Å². The first-order valence-electron chi connectivity index (χ1n) is 9.83. The predicted octanol–water partition coefficient (Wildman–Crippen LogP) is 5.19. The fourth-order valence-corrected chi connectivity index (χ4v) is 6.00. The molecule has 0 bridgehead atoms. The Bertz CT molecular complexity index is 925. The van der Waals surface area contributed by atoms with Crippen LogP contribution in [0, 0.1) is 6.92 Å². The van der Waals surface area contributed by atoms with Gasteiger partial charge in [-0.2, -0.15) is 24.9 Å². The van der Waals surface area contributed by atoms with E-state index in [1.807, 2.05) is 23.9 Å². The minimum absolute atomic E-state index is 0.296. The van der Waals surface area contributed by atoms with Gasteiger partial charge in [0.25, 0.3) is 0 Å². The van der Waals surface area contributed by atoms with Crippen LogP contribution in [0.15, 0.2) is 30.3 Å². The number of alkyl halides is 3. The van der Waals surface area contributed by atoms with Crippen molar-refractivity contribution >= 4 is 17.4 Å². The molecule has 2 atom stereocenters. The first-order valence-corrected chi connectivity index (χ1v) is 11.0. The van der Waals surface area contributed by atoms with Gasteiger partial charge in [-0.3, -0.25) is 0 Å². The molecule has 3 aliphatic rings. The molecule has 5 rings (SSSR count). The molecule has 3 heterocycles. The highest BCUT2D eigenvalue weighted by Gasteiger charge is 2.42. The Morgan fingerprint density at radius 1 is 1.18 bits per heavy atom. The predicted molar refractivity (Wildman–Crippen MR) is 109 cm³/mol. The standard InChI is InChI=1S/C22H23F3N2S/c1-13-2-3-16(19(8-13)22(23,24)25)14-9-15-12-28-7-6-27-20-4-5-26-11-18(20)17(10-14)21(15)27/h2-3,8-10,18,20,26H,4-7,11-12H2,1H3/t18-,20-/m0/s1. The number of rotatable bonds is 1. The molecule has 0 aromatic heterocycles. The molecular formula is C22H23F3N2S. The third kappa shape index (κ3) is 2.92. The molecule has 2 nitrogen and oxygen atoms in total. The molecule has 0 aliphatic carbocycles. The lowest BCUT2D eigenvalue weighted by molar-refractivity contribution is -0.137. The molecule has 2 aromatic carbocycles. The third-order valence-electron chi connectivity index (χ3n) is 6.28. The monoisotopic (exact) mass is 404 g/mol. The molecule has 1 N–H and O–H groups in total. The Labute approximate surface area is 167 Å². The van der Waals surface area contributed by atoms with E-state index >= 15 is 0 Å². The number of fused-ring (bicyclic) bond motifs is 3. The maximum Gasteiger partial charge on any atom is 0.417 e. The Morgan fingerprint density at radius 3 is 2.86 bits per heavy atom. The topological polar surface area (TPSA) is 15.3 Å². The summed E-state index contributed by atoms with van der Waals surface area (Å²) in [5.74, 6) is 2.30. The number of halogens is 3. The summed E-state index contributed by atoms with van der Waals surface area (Å²) in [7, 11) is 0. The van der Waals surface area contributed by atoms with Crippen LogP contribution in [-0.2, 0) is 11.9 Å². The highest BCUT2D eigenvalue weighted by molar-refractivity contribution is 7.98. The quantitative estimate of drug-likeness (QED) is 0.704. The van der Waals surface area contributed by atoms with Crippen LogP contribution in [0.1, 0.15) is 34.6 Å². The summed E-state index contributed by atoms with van der Waals surface area (Å²) in [6.07, 6.45) is -3.26. The summed E-state index contributed by atoms with van der Waals surface area (Å²) >= 11 is 1.88. The minimum atomic E-state index is -4.36. The molecular weight excluding hydrogens is 381 g/mol. The second-order valence-electron chi connectivity index (χ2n) is 8.03. The Balaban J connectivity index is 1.70. The minimum Gasteiger partial charge on any atom is -0.367 e. The molecule has 0 amide bonds. The zero-order valence-corrected chi connectivity index (χ0v) is 16.6. The molecule has 6 heteroatoms. The van der Waals surface area contributed by atoms with Crippen molar-refractivity contribution in [2.75, 3.05) is 30.3 Å². The first kappa shape index (κ1) is 18.4. The van der Waals surface area contributed by atoms with Gasteiger partial charge in [0.15, 0.2) is 0 Å². The molecule has 0 unspecified atom stereocenters. The van der Waals surface area contributed by atoms with Gasteiger partial charge >= 0.3 is 6.18 Å². The van der Waals surface area contributed by atoms with Gasteiger partial charge in [0.1, 0.15) is 0 Å². The van der Waals surface area contributed by atoms with Gasteiger partial charge in [0.2, 0.25) is 0 Å². The van der Waals surface area contributed by atoms with E-state index in [0.29, 0.717) is 28.7 Å². The molecule has 0 saturated carbocycles. The average Bonchev–Trinajstić information content (AvgIpc) is 2.82. The van der Waals surface area contributed by atoms with Crippen molar-refractivity contribution in [2.45, 2.75) is 37.2 Å². The third-order valence-corrected chi connectivity index (χ3v) is 7.26. The SMILES string of the molecule is Cc1ccc(-c2cc3c4c(c2)[C@@H]2CNCC[C@@H]2N4CCSC3)c(C(F)(F)F)c1. The van der Waals surface area contributed by atoms with E-state index in [1.54, 1.807) is 19.1 Å². The van der Waals surface area contributed by atoms with Crippen molar-refractivity contribution in [3.05, 3.63) is 52.6 Å². The number of nitrogens with zero attached hydrogens (tertiary/aromatic N) is 1. The molecule has 0 radical (unpaired) electrons. The van der Waals surface area contributed by atoms with Gasteiger partial charge in [-0.25, -0.2) is 0 Å². The van der Waals surface area contributed by atoms with E-state index in [-0.39, 0.29) is 0 Å². The molecule has 0 spiro atoms. The highest BCUT2D eigenvalue weighted by atomic mass is 32.2. The van der Waals surface area contributed by atoms with E-state index in [2.05, 4.69) is 10.2 Å². The van der Waals surface area contributed by atoms with Crippen LogP contribution in [0.25, 0.3) is 11.1 Å². The molecule has 148 valence electrons. The summed E-state index contributed by atoms with van der Waals surface area (Å²) in [6.45, 7) is 4.66. The maximum atomic E-state index is 13.8. The van der Waals surface area contributed by atoms with Crippen molar-refractivity contribution in [1.29, 1.82) is 0 Å². The summed E-state index contributed by atoms with van der Waals surface area (Å²) in [4.78, 5) is 2.54.